The zero-order valence-electron chi connectivity index (χ0n) is 8.24. The largest absolute Gasteiger partial charge is 0.508 e. The van der Waals surface area contributed by atoms with Gasteiger partial charge in [-0.1, -0.05) is 0 Å². The van der Waals surface area contributed by atoms with Crippen molar-refractivity contribution < 1.29 is 13.9 Å². The van der Waals surface area contributed by atoms with Gasteiger partial charge in [-0.15, -0.1) is 0 Å². The fourth-order valence-corrected chi connectivity index (χ4v) is 1.48. The summed E-state index contributed by atoms with van der Waals surface area (Å²) < 4.78 is 26.5. The molecule has 2 aromatic rings. The van der Waals surface area contributed by atoms with Crippen molar-refractivity contribution in [1.82, 2.24) is 0 Å². The number of nitrogen functional groups attached to an aromatic ring is 1. The predicted molar refractivity (Wildman–Crippen MR) is 57.9 cm³/mol. The molecule has 2 aromatic carbocycles. The Hall–Kier alpha value is -2.10. The molecule has 4 heteroatoms. The Morgan fingerprint density at radius 2 is 1.69 bits per heavy atom. The van der Waals surface area contributed by atoms with Crippen LogP contribution in [0.5, 0.6) is 5.75 Å². The van der Waals surface area contributed by atoms with Crippen LogP contribution in [0.4, 0.5) is 14.5 Å². The average Bonchev–Trinajstić information content (AvgIpc) is 2.25. The standard InChI is InChI=1S/C12H9F2NO/c13-7-1-3-11(14)9(5-7)10-6-8(16)2-4-12(10)15/h1-6,16H,15H2. The van der Waals surface area contributed by atoms with Gasteiger partial charge in [-0.3, -0.25) is 0 Å². The number of benzene rings is 2. The second-order valence-corrected chi connectivity index (χ2v) is 3.40. The Labute approximate surface area is 91.0 Å². The zero-order chi connectivity index (χ0) is 11.7. The number of anilines is 1. The van der Waals surface area contributed by atoms with E-state index in [0.717, 1.165) is 18.2 Å². The van der Waals surface area contributed by atoms with Gasteiger partial charge >= 0.3 is 0 Å². The van der Waals surface area contributed by atoms with Gasteiger partial charge < -0.3 is 10.8 Å². The van der Waals surface area contributed by atoms with Crippen molar-refractivity contribution in [3.63, 3.8) is 0 Å². The molecule has 0 amide bonds. The van der Waals surface area contributed by atoms with E-state index in [9.17, 15) is 13.9 Å². The van der Waals surface area contributed by atoms with Crippen LogP contribution in [0, 0.1) is 11.6 Å². The van der Waals surface area contributed by atoms with Crippen molar-refractivity contribution in [3.8, 4) is 16.9 Å². The number of hydrogen-bond donors (Lipinski definition) is 2. The van der Waals surface area contributed by atoms with Crippen LogP contribution in [0.15, 0.2) is 36.4 Å². The van der Waals surface area contributed by atoms with Gasteiger partial charge in [0.15, 0.2) is 0 Å². The molecule has 0 saturated heterocycles. The van der Waals surface area contributed by atoms with Gasteiger partial charge in [0.05, 0.1) is 0 Å². The van der Waals surface area contributed by atoms with E-state index in [1.165, 1.54) is 18.2 Å². The summed E-state index contributed by atoms with van der Waals surface area (Å²) in [5.74, 6) is -1.19. The minimum Gasteiger partial charge on any atom is -0.508 e. The lowest BCUT2D eigenvalue weighted by Crippen LogP contribution is -1.92. The number of phenols is 1. The van der Waals surface area contributed by atoms with E-state index in [1.807, 2.05) is 0 Å². The third-order valence-corrected chi connectivity index (χ3v) is 2.26. The molecule has 0 spiro atoms. The average molecular weight is 221 g/mol. The quantitative estimate of drug-likeness (QED) is 0.574. The van der Waals surface area contributed by atoms with Gasteiger partial charge in [-0.2, -0.15) is 0 Å². The van der Waals surface area contributed by atoms with E-state index in [0.29, 0.717) is 0 Å². The molecule has 0 radical (unpaired) electrons. The van der Waals surface area contributed by atoms with Crippen LogP contribution < -0.4 is 5.73 Å². The molecule has 0 aromatic heterocycles. The molecular weight excluding hydrogens is 212 g/mol. The number of phenolic OH excluding ortho intramolecular Hbond substituents is 1. The summed E-state index contributed by atoms with van der Waals surface area (Å²) in [4.78, 5) is 0. The summed E-state index contributed by atoms with van der Waals surface area (Å²) in [6, 6.07) is 7.21. The fraction of sp³-hybridized carbons (Fsp3) is 0. The molecule has 2 rings (SSSR count). The van der Waals surface area contributed by atoms with E-state index in [-0.39, 0.29) is 22.6 Å². The normalized spacial score (nSPS) is 10.4. The van der Waals surface area contributed by atoms with Crippen LogP contribution in [0.2, 0.25) is 0 Å². The highest BCUT2D eigenvalue weighted by Gasteiger charge is 2.10. The predicted octanol–water partition coefficient (Wildman–Crippen LogP) is 2.92. The molecule has 2 nitrogen and oxygen atoms in total. The van der Waals surface area contributed by atoms with Gasteiger partial charge in [0, 0.05) is 16.8 Å². The summed E-state index contributed by atoms with van der Waals surface area (Å²) in [5, 5.41) is 9.29. The van der Waals surface area contributed by atoms with Crippen LogP contribution >= 0.6 is 0 Å². The molecule has 82 valence electrons. The van der Waals surface area contributed by atoms with Crippen molar-refractivity contribution in [2.45, 2.75) is 0 Å². The first-order chi connectivity index (χ1) is 7.58. The summed E-state index contributed by atoms with van der Waals surface area (Å²) in [6.07, 6.45) is 0. The maximum Gasteiger partial charge on any atom is 0.131 e. The van der Waals surface area contributed by atoms with Gasteiger partial charge in [0.2, 0.25) is 0 Å². The first-order valence-electron chi connectivity index (χ1n) is 4.62. The maximum atomic E-state index is 13.5. The van der Waals surface area contributed by atoms with Gasteiger partial charge in [0.1, 0.15) is 17.4 Å². The minimum atomic E-state index is -0.585. The molecule has 0 saturated carbocycles. The van der Waals surface area contributed by atoms with Crippen molar-refractivity contribution >= 4 is 5.69 Å². The highest BCUT2D eigenvalue weighted by molar-refractivity contribution is 5.77. The van der Waals surface area contributed by atoms with Crippen LogP contribution in [-0.2, 0) is 0 Å². The monoisotopic (exact) mass is 221 g/mol. The van der Waals surface area contributed by atoms with Crippen molar-refractivity contribution in [2.24, 2.45) is 0 Å². The summed E-state index contributed by atoms with van der Waals surface area (Å²) in [7, 11) is 0. The Morgan fingerprint density at radius 1 is 0.938 bits per heavy atom. The van der Waals surface area contributed by atoms with Crippen molar-refractivity contribution in [1.29, 1.82) is 0 Å². The molecule has 0 atom stereocenters. The highest BCUT2D eigenvalue weighted by Crippen LogP contribution is 2.31. The molecule has 0 aliphatic carbocycles. The molecule has 3 N–H and O–H groups in total. The molecule has 0 bridgehead atoms. The van der Waals surface area contributed by atoms with E-state index >= 15 is 0 Å². The van der Waals surface area contributed by atoms with E-state index < -0.39 is 11.6 Å². The number of rotatable bonds is 1. The second-order valence-electron chi connectivity index (χ2n) is 3.40. The topological polar surface area (TPSA) is 46.2 Å². The second kappa shape index (κ2) is 3.81. The number of aromatic hydroxyl groups is 1. The summed E-state index contributed by atoms with van der Waals surface area (Å²) >= 11 is 0. The Kier molecular flexibility index (Phi) is 2.48. The highest BCUT2D eigenvalue weighted by atomic mass is 19.1. The van der Waals surface area contributed by atoms with Gasteiger partial charge in [0.25, 0.3) is 0 Å². The van der Waals surface area contributed by atoms with Crippen LogP contribution in [-0.4, -0.2) is 5.11 Å². The molecule has 16 heavy (non-hydrogen) atoms. The minimum absolute atomic E-state index is 0.0356. The molecule has 0 unspecified atom stereocenters. The van der Waals surface area contributed by atoms with Gasteiger partial charge in [-0.05, 0) is 36.4 Å². The van der Waals surface area contributed by atoms with E-state index in [1.54, 1.807) is 0 Å². The molecule has 0 aliphatic heterocycles. The lowest BCUT2D eigenvalue weighted by molar-refractivity contribution is 0.475. The van der Waals surface area contributed by atoms with Gasteiger partial charge in [-0.25, -0.2) is 8.78 Å². The lowest BCUT2D eigenvalue weighted by atomic mass is 10.0. The van der Waals surface area contributed by atoms with E-state index in [2.05, 4.69) is 0 Å². The maximum absolute atomic E-state index is 13.5. The Morgan fingerprint density at radius 3 is 2.44 bits per heavy atom. The van der Waals surface area contributed by atoms with Crippen molar-refractivity contribution in [3.05, 3.63) is 48.0 Å². The fourth-order valence-electron chi connectivity index (χ4n) is 1.48. The van der Waals surface area contributed by atoms with Crippen molar-refractivity contribution in [2.75, 3.05) is 5.73 Å². The first kappa shape index (κ1) is 10.4. The third-order valence-electron chi connectivity index (χ3n) is 2.26. The zero-order valence-corrected chi connectivity index (χ0v) is 8.24. The summed E-state index contributed by atoms with van der Waals surface area (Å²) in [6.45, 7) is 0. The van der Waals surface area contributed by atoms with Crippen LogP contribution in [0.3, 0.4) is 0 Å². The molecular formula is C12H9F2NO. The molecule has 0 fully saturated rings. The smallest absolute Gasteiger partial charge is 0.131 e. The molecule has 0 aliphatic rings. The number of nitrogens with two attached hydrogens (primary N) is 1. The number of halogens is 2. The first-order valence-corrected chi connectivity index (χ1v) is 4.62. The summed E-state index contributed by atoms with van der Waals surface area (Å²) in [5.41, 5.74) is 6.23. The Balaban J connectivity index is 2.66. The SMILES string of the molecule is Nc1ccc(O)cc1-c1cc(F)ccc1F. The van der Waals surface area contributed by atoms with E-state index in [4.69, 9.17) is 5.73 Å². The third kappa shape index (κ3) is 1.82. The number of hydrogen-bond acceptors (Lipinski definition) is 2. The Bertz CT molecular complexity index is 491. The molecule has 0 heterocycles. The van der Waals surface area contributed by atoms with Crippen LogP contribution in [0.1, 0.15) is 0 Å². The lowest BCUT2D eigenvalue weighted by Gasteiger charge is -2.07. The van der Waals surface area contributed by atoms with Crippen LogP contribution in [0.25, 0.3) is 11.1 Å².